The Labute approximate surface area is 189 Å². The molecule has 1 aromatic carbocycles. The van der Waals surface area contributed by atoms with E-state index in [1.54, 1.807) is 0 Å². The topological polar surface area (TPSA) is 79.7 Å². The average molecular weight is 442 g/mol. The van der Waals surface area contributed by atoms with Crippen molar-refractivity contribution >= 4 is 22.8 Å². The highest BCUT2D eigenvalue weighted by molar-refractivity contribution is 5.95. The third-order valence-electron chi connectivity index (χ3n) is 6.42. The fourth-order valence-corrected chi connectivity index (χ4v) is 4.87. The largest absolute Gasteiger partial charge is 0.378 e. The van der Waals surface area contributed by atoms with Crippen molar-refractivity contribution in [1.82, 2.24) is 24.7 Å². The number of nitrogens with zero attached hydrogens (tertiary/aromatic N) is 4. The minimum Gasteiger partial charge on any atom is -0.378 e. The SMILES string of the molecule is CCn1c(C(=O)N(CC(C)C)[C@H]2CNC[C@@H](C(=O)N3CCOCC3)C2)nc2ccccc21. The average Bonchev–Trinajstić information content (AvgIpc) is 3.21. The molecular formula is C24H35N5O3. The summed E-state index contributed by atoms with van der Waals surface area (Å²) in [5.74, 6) is 0.787. The van der Waals surface area contributed by atoms with Gasteiger partial charge in [-0.2, -0.15) is 0 Å². The standard InChI is InChI=1S/C24H35N5O3/c1-4-28-21-8-6-5-7-20(21)26-22(28)24(31)29(16-17(2)3)19-13-18(14-25-15-19)23(30)27-9-11-32-12-10-27/h5-8,17-19,25H,4,9-16H2,1-3H3/t18-,19+/m0/s1. The summed E-state index contributed by atoms with van der Waals surface area (Å²) < 4.78 is 7.39. The van der Waals surface area contributed by atoms with Crippen molar-refractivity contribution in [1.29, 1.82) is 0 Å². The molecule has 2 saturated heterocycles. The summed E-state index contributed by atoms with van der Waals surface area (Å²) in [6.45, 7) is 11.4. The number of hydrogen-bond donors (Lipinski definition) is 1. The zero-order valence-electron chi connectivity index (χ0n) is 19.4. The highest BCUT2D eigenvalue weighted by Crippen LogP contribution is 2.24. The summed E-state index contributed by atoms with van der Waals surface area (Å²) in [7, 11) is 0. The van der Waals surface area contributed by atoms with Crippen molar-refractivity contribution < 1.29 is 14.3 Å². The normalized spacial score (nSPS) is 21.8. The molecular weight excluding hydrogens is 406 g/mol. The maximum Gasteiger partial charge on any atom is 0.290 e. The Bertz CT molecular complexity index is 950. The first-order valence-corrected chi connectivity index (χ1v) is 11.8. The molecule has 1 N–H and O–H groups in total. The number of ether oxygens (including phenoxy) is 1. The van der Waals surface area contributed by atoms with Crippen molar-refractivity contribution in [2.45, 2.75) is 39.8 Å². The van der Waals surface area contributed by atoms with Gasteiger partial charge < -0.3 is 24.4 Å². The molecule has 3 heterocycles. The number of imidazole rings is 1. The smallest absolute Gasteiger partial charge is 0.290 e. The van der Waals surface area contributed by atoms with Crippen LogP contribution in [0.2, 0.25) is 0 Å². The van der Waals surface area contributed by atoms with E-state index in [-0.39, 0.29) is 23.8 Å². The summed E-state index contributed by atoms with van der Waals surface area (Å²) in [5.41, 5.74) is 1.81. The van der Waals surface area contributed by atoms with Crippen LogP contribution >= 0.6 is 0 Å². The predicted octanol–water partition coefficient (Wildman–Crippen LogP) is 1.99. The first-order chi connectivity index (χ1) is 15.5. The molecule has 32 heavy (non-hydrogen) atoms. The fourth-order valence-electron chi connectivity index (χ4n) is 4.87. The van der Waals surface area contributed by atoms with Gasteiger partial charge in [0.05, 0.1) is 30.2 Å². The zero-order valence-corrected chi connectivity index (χ0v) is 19.4. The Balaban J connectivity index is 1.58. The van der Waals surface area contributed by atoms with Crippen LogP contribution in [-0.4, -0.2) is 83.1 Å². The van der Waals surface area contributed by atoms with E-state index in [1.165, 1.54) is 0 Å². The lowest BCUT2D eigenvalue weighted by atomic mass is 9.92. The molecule has 2 atom stereocenters. The summed E-state index contributed by atoms with van der Waals surface area (Å²) in [6, 6.07) is 7.84. The lowest BCUT2D eigenvalue weighted by Crippen LogP contribution is -2.56. The van der Waals surface area contributed by atoms with Gasteiger partial charge in [0.15, 0.2) is 5.82 Å². The molecule has 8 heteroatoms. The van der Waals surface area contributed by atoms with Crippen LogP contribution < -0.4 is 5.32 Å². The molecule has 1 aromatic heterocycles. The molecule has 0 unspecified atom stereocenters. The zero-order chi connectivity index (χ0) is 22.7. The maximum absolute atomic E-state index is 13.8. The molecule has 2 aliphatic heterocycles. The van der Waals surface area contributed by atoms with E-state index >= 15 is 0 Å². The van der Waals surface area contributed by atoms with E-state index in [9.17, 15) is 9.59 Å². The van der Waals surface area contributed by atoms with Crippen LogP contribution in [0.3, 0.4) is 0 Å². The molecule has 0 bridgehead atoms. The fraction of sp³-hybridized carbons (Fsp3) is 0.625. The molecule has 0 saturated carbocycles. The van der Waals surface area contributed by atoms with E-state index in [0.717, 1.165) is 11.0 Å². The van der Waals surface area contributed by atoms with Gasteiger partial charge in [-0.25, -0.2) is 4.98 Å². The number of hydrogen-bond acceptors (Lipinski definition) is 5. The molecule has 2 fully saturated rings. The Morgan fingerprint density at radius 3 is 2.69 bits per heavy atom. The summed E-state index contributed by atoms with van der Waals surface area (Å²) >= 11 is 0. The lowest BCUT2D eigenvalue weighted by Gasteiger charge is -2.40. The Morgan fingerprint density at radius 2 is 1.97 bits per heavy atom. The van der Waals surface area contributed by atoms with Crippen molar-refractivity contribution in [3.63, 3.8) is 0 Å². The van der Waals surface area contributed by atoms with Crippen molar-refractivity contribution in [2.75, 3.05) is 45.9 Å². The molecule has 2 aliphatic rings. The van der Waals surface area contributed by atoms with Gasteiger partial charge in [-0.1, -0.05) is 26.0 Å². The molecule has 174 valence electrons. The van der Waals surface area contributed by atoms with E-state index in [1.807, 2.05) is 45.6 Å². The number of rotatable bonds is 6. The summed E-state index contributed by atoms with van der Waals surface area (Å²) in [6.07, 6.45) is 0.675. The number of para-hydroxylation sites is 2. The number of benzene rings is 1. The number of amides is 2. The van der Waals surface area contributed by atoms with Crippen LogP contribution in [0.4, 0.5) is 0 Å². The molecule has 2 amide bonds. The number of aromatic nitrogens is 2. The van der Waals surface area contributed by atoms with Gasteiger partial charge in [0.25, 0.3) is 5.91 Å². The monoisotopic (exact) mass is 441 g/mol. The van der Waals surface area contributed by atoms with Crippen LogP contribution in [0, 0.1) is 11.8 Å². The second-order valence-corrected chi connectivity index (χ2v) is 9.20. The predicted molar refractivity (Wildman–Crippen MR) is 123 cm³/mol. The second kappa shape index (κ2) is 10.0. The van der Waals surface area contributed by atoms with Gasteiger partial charge in [0, 0.05) is 45.3 Å². The number of fused-ring (bicyclic) bond motifs is 1. The van der Waals surface area contributed by atoms with Gasteiger partial charge >= 0.3 is 0 Å². The quantitative estimate of drug-likeness (QED) is 0.742. The molecule has 8 nitrogen and oxygen atoms in total. The van der Waals surface area contributed by atoms with E-state index in [4.69, 9.17) is 9.72 Å². The number of piperidine rings is 1. The van der Waals surface area contributed by atoms with E-state index < -0.39 is 0 Å². The number of carbonyl (C=O) groups excluding carboxylic acids is 2. The van der Waals surface area contributed by atoms with Gasteiger partial charge in [-0.15, -0.1) is 0 Å². The van der Waals surface area contributed by atoms with Crippen LogP contribution in [0.15, 0.2) is 24.3 Å². The van der Waals surface area contributed by atoms with Crippen LogP contribution in [0.5, 0.6) is 0 Å². The first kappa shape index (κ1) is 22.7. The maximum atomic E-state index is 13.8. The van der Waals surface area contributed by atoms with E-state index in [0.29, 0.717) is 70.6 Å². The number of carbonyl (C=O) groups is 2. The minimum atomic E-state index is -0.126. The third-order valence-corrected chi connectivity index (χ3v) is 6.42. The Kier molecular flexibility index (Phi) is 7.10. The number of aryl methyl sites for hydroxylation is 1. The molecule has 0 radical (unpaired) electrons. The van der Waals surface area contributed by atoms with Crippen molar-refractivity contribution in [3.8, 4) is 0 Å². The van der Waals surface area contributed by atoms with Gasteiger partial charge in [0.2, 0.25) is 5.91 Å². The van der Waals surface area contributed by atoms with Crippen molar-refractivity contribution in [3.05, 3.63) is 30.1 Å². The summed E-state index contributed by atoms with van der Waals surface area (Å²) in [5, 5.41) is 3.42. The minimum absolute atomic E-state index is 0.0428. The molecule has 2 aromatic rings. The van der Waals surface area contributed by atoms with Crippen molar-refractivity contribution in [2.24, 2.45) is 11.8 Å². The highest BCUT2D eigenvalue weighted by Gasteiger charge is 2.36. The third kappa shape index (κ3) is 4.66. The summed E-state index contributed by atoms with van der Waals surface area (Å²) in [4.78, 5) is 35.5. The Hall–Kier alpha value is -2.45. The van der Waals surface area contributed by atoms with Gasteiger partial charge in [-0.05, 0) is 31.4 Å². The molecule has 4 rings (SSSR count). The van der Waals surface area contributed by atoms with E-state index in [2.05, 4.69) is 19.2 Å². The molecule has 0 spiro atoms. The molecule has 0 aliphatic carbocycles. The van der Waals surface area contributed by atoms with Crippen LogP contribution in [-0.2, 0) is 16.1 Å². The van der Waals surface area contributed by atoms with Crippen LogP contribution in [0.25, 0.3) is 11.0 Å². The lowest BCUT2D eigenvalue weighted by molar-refractivity contribution is -0.140. The van der Waals surface area contributed by atoms with Crippen LogP contribution in [0.1, 0.15) is 37.8 Å². The van der Waals surface area contributed by atoms with Gasteiger partial charge in [-0.3, -0.25) is 9.59 Å². The number of nitrogens with one attached hydrogen (secondary N) is 1. The highest BCUT2D eigenvalue weighted by atomic mass is 16.5. The second-order valence-electron chi connectivity index (χ2n) is 9.20. The first-order valence-electron chi connectivity index (χ1n) is 11.8. The van der Waals surface area contributed by atoms with Gasteiger partial charge in [0.1, 0.15) is 0 Å². The Morgan fingerprint density at radius 1 is 1.22 bits per heavy atom. The number of morpholine rings is 1.